The summed E-state index contributed by atoms with van der Waals surface area (Å²) in [5.74, 6) is 0. The molecule has 0 saturated heterocycles. The Hall–Kier alpha value is -1.14. The van der Waals surface area contributed by atoms with Gasteiger partial charge in [0.05, 0.1) is 106 Å². The van der Waals surface area contributed by atoms with Gasteiger partial charge in [-0.05, 0) is 13.8 Å². The number of hydrogen-bond acceptors (Lipinski definition) is 14. The molecule has 402 valence electrons. The van der Waals surface area contributed by atoms with Gasteiger partial charge in [-0.2, -0.15) is 0 Å². The summed E-state index contributed by atoms with van der Waals surface area (Å²) >= 11 is 0. The highest BCUT2D eigenvalue weighted by Crippen LogP contribution is 2.01. The first kappa shape index (κ1) is 131. The van der Waals surface area contributed by atoms with Gasteiger partial charge in [0.25, 0.3) is 0 Å². The molecule has 4 atom stereocenters. The summed E-state index contributed by atoms with van der Waals surface area (Å²) < 4.78 is 66.1. The van der Waals surface area contributed by atoms with E-state index < -0.39 is 0 Å². The summed E-state index contributed by atoms with van der Waals surface area (Å²) in [6.45, 7) is 9.24. The lowest BCUT2D eigenvalue weighted by atomic mass is 10.4. The third-order valence-corrected chi connectivity index (χ3v) is 5.33. The summed E-state index contributed by atoms with van der Waals surface area (Å²) in [7, 11) is 3.16. The second-order valence-electron chi connectivity index (χ2n) is 8.77. The van der Waals surface area contributed by atoms with E-state index in [1.807, 2.05) is 13.8 Å². The molecular weight excluding hydrogens is 789 g/mol. The van der Waals surface area contributed by atoms with Gasteiger partial charge in [-0.15, -0.1) is 0 Å². The zero-order valence-electron chi connectivity index (χ0n) is 25.9. The first-order valence-electron chi connectivity index (χ1n) is 14.4. The van der Waals surface area contributed by atoms with Gasteiger partial charge < -0.3 is 66.4 Å². The van der Waals surface area contributed by atoms with Gasteiger partial charge in [-0.1, -0.05) is 141 Å². The van der Waals surface area contributed by atoms with E-state index >= 15 is 0 Å². The fourth-order valence-corrected chi connectivity index (χ4v) is 2.96. The first-order chi connectivity index (χ1) is 20.6. The molecular formula is C47H130O14. The normalized spacial score (nSPS) is 9.97. The van der Waals surface area contributed by atoms with Crippen LogP contribution < -0.4 is 0 Å². The van der Waals surface area contributed by atoms with Crippen molar-refractivity contribution < 1.29 is 66.4 Å². The van der Waals surface area contributed by atoms with E-state index in [2.05, 4.69) is 0 Å². The summed E-state index contributed by atoms with van der Waals surface area (Å²) in [6, 6.07) is 0. The van der Waals surface area contributed by atoms with Crippen LogP contribution in [0.4, 0.5) is 0 Å². The van der Waals surface area contributed by atoms with Crippen LogP contribution in [0.1, 0.15) is 168 Å². The second-order valence-corrected chi connectivity index (χ2v) is 8.77. The van der Waals surface area contributed by atoms with Crippen LogP contribution in [0.2, 0.25) is 0 Å². The van der Waals surface area contributed by atoms with Crippen LogP contribution in [0.3, 0.4) is 0 Å². The van der Waals surface area contributed by atoms with E-state index in [0.29, 0.717) is 119 Å². The fourth-order valence-electron chi connectivity index (χ4n) is 2.96. The Balaban J connectivity index is -0.0000000492. The van der Waals surface area contributed by atoms with E-state index in [0.717, 1.165) is 12.6 Å². The van der Waals surface area contributed by atoms with E-state index in [1.165, 1.54) is 0 Å². The lowest BCUT2D eigenvalue weighted by molar-refractivity contribution is -0.142. The van der Waals surface area contributed by atoms with Crippen molar-refractivity contribution in [1.82, 2.24) is 0 Å². The molecule has 0 aliphatic heterocycles. The Kier molecular flexibility index (Phi) is 230. The van der Waals surface area contributed by atoms with Crippen LogP contribution in [-0.2, 0) is 66.4 Å². The molecule has 0 saturated carbocycles. The van der Waals surface area contributed by atoms with Crippen molar-refractivity contribution in [2.75, 3.05) is 120 Å². The number of methoxy groups -OCH3 is 2. The average Bonchev–Trinajstić information content (AvgIpc) is 3.00. The minimum atomic E-state index is -0.323. The molecule has 0 amide bonds. The van der Waals surface area contributed by atoms with E-state index in [1.54, 1.807) is 14.2 Å². The molecule has 0 radical (unpaired) electrons. The Morgan fingerprint density at radius 1 is 0.311 bits per heavy atom. The molecule has 0 bridgehead atoms. The molecule has 0 aromatic rings. The molecule has 4 unspecified atom stereocenters. The SMILES string of the molecule is C.C.C.C.C.C.C.C.C.C.C.C.C.C.C.C.C.C.C.COC(C)OCCOCC(COCCOCC(COCCOCCC=O)OCCOCCC=O)OCCOC(C)OC. The van der Waals surface area contributed by atoms with Gasteiger partial charge in [0, 0.05) is 27.1 Å². The number of hydrogen-bond donors (Lipinski definition) is 0. The molecule has 0 aromatic carbocycles. The van der Waals surface area contributed by atoms with E-state index in [9.17, 15) is 9.59 Å². The monoisotopic (exact) mass is 919 g/mol. The number of carbonyl (C=O) groups excluding carboxylic acids is 2. The maximum atomic E-state index is 10.4. The van der Waals surface area contributed by atoms with Gasteiger partial charge in [-0.3, -0.25) is 0 Å². The van der Waals surface area contributed by atoms with Crippen molar-refractivity contribution in [2.45, 2.75) is 193 Å². The Morgan fingerprint density at radius 2 is 0.525 bits per heavy atom. The standard InChI is InChI=1S/C28H54O14.19CH4/c1-25(31-3)39-17-16-38-24-28(42-20-19-40-26(2)32-4)23-37-14-13-36-22-27(41-18-15-34-10-6-8-30)21-35-12-11-33-9-5-7-29;;;;;;;;;;;;;;;;;;;/h7-8,25-28H,5-6,9-24H2,1-4H3;19*1H4. The van der Waals surface area contributed by atoms with Crippen LogP contribution in [0.25, 0.3) is 0 Å². The van der Waals surface area contributed by atoms with Crippen molar-refractivity contribution in [3.63, 3.8) is 0 Å². The van der Waals surface area contributed by atoms with Crippen LogP contribution in [0.15, 0.2) is 0 Å². The zero-order chi connectivity index (χ0) is 30.9. The molecule has 0 rings (SSSR count). The highest BCUT2D eigenvalue weighted by atomic mass is 16.7. The first-order valence-corrected chi connectivity index (χ1v) is 14.4. The Labute approximate surface area is 390 Å². The molecule has 0 aliphatic rings. The minimum Gasteiger partial charge on any atom is -0.379 e. The average molecular weight is 920 g/mol. The molecule has 0 spiro atoms. The van der Waals surface area contributed by atoms with Crippen molar-refractivity contribution in [2.24, 2.45) is 0 Å². The third-order valence-electron chi connectivity index (χ3n) is 5.33. The Morgan fingerprint density at radius 3 is 0.803 bits per heavy atom. The van der Waals surface area contributed by atoms with E-state index in [-0.39, 0.29) is 166 Å². The summed E-state index contributed by atoms with van der Waals surface area (Å²) in [4.78, 5) is 20.7. The molecule has 61 heavy (non-hydrogen) atoms. The van der Waals surface area contributed by atoms with Crippen molar-refractivity contribution in [1.29, 1.82) is 0 Å². The lowest BCUT2D eigenvalue weighted by Gasteiger charge is -2.20. The van der Waals surface area contributed by atoms with Crippen molar-refractivity contribution >= 4 is 12.6 Å². The summed E-state index contributed by atoms with van der Waals surface area (Å²) in [5, 5.41) is 0. The Bertz CT molecular complexity index is 580. The smallest absolute Gasteiger partial charge is 0.154 e. The molecule has 0 N–H and O–H groups in total. The summed E-state index contributed by atoms with van der Waals surface area (Å²) in [6.07, 6.45) is 1.09. The highest BCUT2D eigenvalue weighted by Gasteiger charge is 2.13. The molecule has 0 heterocycles. The number of rotatable bonds is 35. The zero-order valence-corrected chi connectivity index (χ0v) is 25.9. The van der Waals surface area contributed by atoms with Crippen LogP contribution in [0, 0.1) is 0 Å². The van der Waals surface area contributed by atoms with Gasteiger partial charge in [0.15, 0.2) is 12.6 Å². The number of carbonyl (C=O) groups is 2. The van der Waals surface area contributed by atoms with Crippen LogP contribution in [0.5, 0.6) is 0 Å². The van der Waals surface area contributed by atoms with Gasteiger partial charge >= 0.3 is 0 Å². The fraction of sp³-hybridized carbons (Fsp3) is 0.957. The molecule has 14 heteroatoms. The van der Waals surface area contributed by atoms with E-state index in [4.69, 9.17) is 56.8 Å². The maximum Gasteiger partial charge on any atom is 0.154 e. The lowest BCUT2D eigenvalue weighted by Crippen LogP contribution is -2.30. The topological polar surface area (TPSA) is 145 Å². The van der Waals surface area contributed by atoms with Gasteiger partial charge in [0.1, 0.15) is 24.8 Å². The molecule has 0 aliphatic carbocycles. The van der Waals surface area contributed by atoms with Gasteiger partial charge in [-0.25, -0.2) is 0 Å². The third kappa shape index (κ3) is 98.9. The number of ether oxygens (including phenoxy) is 12. The quantitative estimate of drug-likeness (QED) is 0.0338. The van der Waals surface area contributed by atoms with Crippen molar-refractivity contribution in [3.8, 4) is 0 Å². The maximum absolute atomic E-state index is 10.4. The molecule has 0 aromatic heterocycles. The summed E-state index contributed by atoms with van der Waals surface area (Å²) in [5.41, 5.74) is 0. The minimum absolute atomic E-state index is 0. The molecule has 14 nitrogen and oxygen atoms in total. The van der Waals surface area contributed by atoms with Gasteiger partial charge in [0.2, 0.25) is 0 Å². The second kappa shape index (κ2) is 107. The van der Waals surface area contributed by atoms with Crippen LogP contribution in [-0.4, -0.2) is 157 Å². The van der Waals surface area contributed by atoms with Crippen molar-refractivity contribution in [3.05, 3.63) is 0 Å². The molecule has 0 fully saturated rings. The predicted octanol–water partition coefficient (Wildman–Crippen LogP) is 13.1. The number of aldehydes is 2. The predicted molar refractivity (Wildman–Crippen MR) is 278 cm³/mol. The highest BCUT2D eigenvalue weighted by molar-refractivity contribution is 5.49. The van der Waals surface area contributed by atoms with Crippen LogP contribution >= 0.6 is 0 Å². The largest absolute Gasteiger partial charge is 0.379 e.